The molecule has 34 heavy (non-hydrogen) atoms. The van der Waals surface area contributed by atoms with E-state index in [4.69, 9.17) is 9.47 Å². The minimum atomic E-state index is -3.77. The first-order valence-electron chi connectivity index (χ1n) is 11.2. The van der Waals surface area contributed by atoms with E-state index in [2.05, 4.69) is 4.90 Å². The lowest BCUT2D eigenvalue weighted by Crippen LogP contribution is -2.51. The SMILES string of the molecule is CN(CC(=O)N1CCN(Cc2ccc3c(c2)OCO3)CC1)S(=O)(=O)c1ccc2ccccc2c1. The van der Waals surface area contributed by atoms with E-state index in [1.807, 2.05) is 42.5 Å². The van der Waals surface area contributed by atoms with Crippen LogP contribution < -0.4 is 9.47 Å². The van der Waals surface area contributed by atoms with E-state index < -0.39 is 10.0 Å². The van der Waals surface area contributed by atoms with Gasteiger partial charge in [-0.05, 0) is 40.6 Å². The van der Waals surface area contributed by atoms with Crippen LogP contribution >= 0.6 is 0 Å². The molecule has 0 aromatic heterocycles. The number of nitrogens with zero attached hydrogens (tertiary/aromatic N) is 3. The predicted molar refractivity (Wildman–Crippen MR) is 128 cm³/mol. The fraction of sp³-hybridized carbons (Fsp3) is 0.320. The van der Waals surface area contributed by atoms with Gasteiger partial charge in [-0.3, -0.25) is 9.69 Å². The molecule has 3 aromatic rings. The smallest absolute Gasteiger partial charge is 0.243 e. The van der Waals surface area contributed by atoms with Crippen molar-refractivity contribution in [3.63, 3.8) is 0 Å². The van der Waals surface area contributed by atoms with Crippen LogP contribution in [0.1, 0.15) is 5.56 Å². The number of ether oxygens (including phenoxy) is 2. The molecule has 178 valence electrons. The number of piperazine rings is 1. The van der Waals surface area contributed by atoms with Crippen LogP contribution in [0.5, 0.6) is 11.5 Å². The molecule has 1 fully saturated rings. The molecule has 0 atom stereocenters. The van der Waals surface area contributed by atoms with Crippen LogP contribution in [0.25, 0.3) is 10.8 Å². The molecule has 0 saturated carbocycles. The Bertz CT molecular complexity index is 1320. The Morgan fingerprint density at radius 3 is 2.44 bits per heavy atom. The van der Waals surface area contributed by atoms with Crippen LogP contribution in [0.4, 0.5) is 0 Å². The van der Waals surface area contributed by atoms with E-state index in [-0.39, 0.29) is 24.1 Å². The summed E-state index contributed by atoms with van der Waals surface area (Å²) in [5.74, 6) is 1.35. The number of fused-ring (bicyclic) bond motifs is 2. The zero-order valence-electron chi connectivity index (χ0n) is 19.0. The summed E-state index contributed by atoms with van der Waals surface area (Å²) in [5, 5.41) is 1.82. The second-order valence-electron chi connectivity index (χ2n) is 8.61. The Hall–Kier alpha value is -3.14. The monoisotopic (exact) mass is 481 g/mol. The van der Waals surface area contributed by atoms with E-state index in [0.717, 1.165) is 51.8 Å². The maximum atomic E-state index is 13.1. The van der Waals surface area contributed by atoms with Crippen molar-refractivity contribution in [1.82, 2.24) is 14.1 Å². The summed E-state index contributed by atoms with van der Waals surface area (Å²) in [7, 11) is -2.31. The lowest BCUT2D eigenvalue weighted by molar-refractivity contribution is -0.133. The van der Waals surface area contributed by atoms with Crippen LogP contribution in [0.15, 0.2) is 65.6 Å². The molecule has 0 radical (unpaired) electrons. The molecule has 9 heteroatoms. The highest BCUT2D eigenvalue weighted by Gasteiger charge is 2.27. The first-order chi connectivity index (χ1) is 16.4. The summed E-state index contributed by atoms with van der Waals surface area (Å²) in [4.78, 5) is 17.1. The van der Waals surface area contributed by atoms with E-state index >= 15 is 0 Å². The fourth-order valence-electron chi connectivity index (χ4n) is 4.34. The van der Waals surface area contributed by atoms with Crippen molar-refractivity contribution >= 4 is 26.7 Å². The third kappa shape index (κ3) is 4.59. The molecule has 3 aromatic carbocycles. The van der Waals surface area contributed by atoms with E-state index in [9.17, 15) is 13.2 Å². The highest BCUT2D eigenvalue weighted by molar-refractivity contribution is 7.89. The van der Waals surface area contributed by atoms with Gasteiger partial charge in [-0.1, -0.05) is 36.4 Å². The second kappa shape index (κ2) is 9.25. The number of rotatable bonds is 6. The zero-order chi connectivity index (χ0) is 23.7. The maximum Gasteiger partial charge on any atom is 0.243 e. The minimum absolute atomic E-state index is 0.183. The molecule has 0 unspecified atom stereocenters. The Morgan fingerprint density at radius 2 is 1.65 bits per heavy atom. The molecule has 2 aliphatic rings. The van der Waals surface area contributed by atoms with Gasteiger partial charge >= 0.3 is 0 Å². The number of amides is 1. The average molecular weight is 482 g/mol. The normalized spacial score (nSPS) is 16.4. The van der Waals surface area contributed by atoms with E-state index in [0.29, 0.717) is 13.1 Å². The minimum Gasteiger partial charge on any atom is -0.454 e. The first kappa shape index (κ1) is 22.6. The van der Waals surface area contributed by atoms with Gasteiger partial charge in [0.25, 0.3) is 0 Å². The molecule has 2 aliphatic heterocycles. The number of likely N-dealkylation sites (N-methyl/N-ethyl adjacent to an activating group) is 1. The molecule has 0 aliphatic carbocycles. The summed E-state index contributed by atoms with van der Waals surface area (Å²) in [6, 6.07) is 18.6. The number of hydrogen-bond donors (Lipinski definition) is 0. The van der Waals surface area contributed by atoms with Gasteiger partial charge in [0.05, 0.1) is 11.4 Å². The number of carbonyl (C=O) groups excluding carboxylic acids is 1. The third-order valence-corrected chi connectivity index (χ3v) is 8.15. The van der Waals surface area contributed by atoms with Gasteiger partial charge in [0.1, 0.15) is 0 Å². The summed E-state index contributed by atoms with van der Waals surface area (Å²) in [6.07, 6.45) is 0. The summed E-state index contributed by atoms with van der Waals surface area (Å²) < 4.78 is 38.1. The Balaban J connectivity index is 1.17. The van der Waals surface area contributed by atoms with Crippen LogP contribution in [0.3, 0.4) is 0 Å². The molecule has 0 N–H and O–H groups in total. The number of sulfonamides is 1. The molecule has 0 bridgehead atoms. The predicted octanol–water partition coefficient (Wildman–Crippen LogP) is 2.53. The zero-order valence-corrected chi connectivity index (χ0v) is 19.8. The molecular weight excluding hydrogens is 454 g/mol. The number of carbonyl (C=O) groups is 1. The molecule has 8 nitrogen and oxygen atoms in total. The van der Waals surface area contributed by atoms with E-state index in [1.54, 1.807) is 23.1 Å². The molecule has 1 amide bonds. The van der Waals surface area contributed by atoms with Gasteiger partial charge in [0.2, 0.25) is 22.7 Å². The number of hydrogen-bond acceptors (Lipinski definition) is 6. The maximum absolute atomic E-state index is 13.1. The Labute approximate surface area is 199 Å². The van der Waals surface area contributed by atoms with Gasteiger partial charge in [-0.15, -0.1) is 0 Å². The van der Waals surface area contributed by atoms with Crippen molar-refractivity contribution < 1.29 is 22.7 Å². The quantitative estimate of drug-likeness (QED) is 0.539. The standard InChI is InChI=1S/C25H27N3O5S/c1-26(34(30,31)22-8-7-20-4-2-3-5-21(20)15-22)17-25(29)28-12-10-27(11-13-28)16-19-6-9-23-24(14-19)33-18-32-23/h2-9,14-15H,10-13,16-18H2,1H3. The van der Waals surface area contributed by atoms with Crippen molar-refractivity contribution in [3.8, 4) is 11.5 Å². The number of benzene rings is 3. The van der Waals surface area contributed by atoms with Crippen LogP contribution in [-0.4, -0.2) is 75.0 Å². The third-order valence-electron chi connectivity index (χ3n) is 6.36. The fourth-order valence-corrected chi connectivity index (χ4v) is 5.49. The second-order valence-corrected chi connectivity index (χ2v) is 10.7. The van der Waals surface area contributed by atoms with Crippen molar-refractivity contribution in [2.24, 2.45) is 0 Å². The lowest BCUT2D eigenvalue weighted by Gasteiger charge is -2.35. The van der Waals surface area contributed by atoms with Gasteiger partial charge in [-0.25, -0.2) is 8.42 Å². The van der Waals surface area contributed by atoms with Crippen molar-refractivity contribution in [3.05, 3.63) is 66.2 Å². The lowest BCUT2D eigenvalue weighted by atomic mass is 10.1. The van der Waals surface area contributed by atoms with E-state index in [1.165, 1.54) is 7.05 Å². The van der Waals surface area contributed by atoms with Gasteiger partial charge < -0.3 is 14.4 Å². The largest absolute Gasteiger partial charge is 0.454 e. The van der Waals surface area contributed by atoms with Crippen molar-refractivity contribution in [1.29, 1.82) is 0 Å². The van der Waals surface area contributed by atoms with Gasteiger partial charge in [-0.2, -0.15) is 4.31 Å². The highest BCUT2D eigenvalue weighted by Crippen LogP contribution is 2.33. The van der Waals surface area contributed by atoms with Gasteiger partial charge in [0, 0.05) is 39.8 Å². The average Bonchev–Trinajstić information content (AvgIpc) is 3.32. The Kier molecular flexibility index (Phi) is 6.16. The molecule has 2 heterocycles. The summed E-state index contributed by atoms with van der Waals surface area (Å²) >= 11 is 0. The van der Waals surface area contributed by atoms with Crippen LogP contribution in [-0.2, 0) is 21.4 Å². The first-order valence-corrected chi connectivity index (χ1v) is 12.7. The summed E-state index contributed by atoms with van der Waals surface area (Å²) in [5.41, 5.74) is 1.13. The molecule has 0 spiro atoms. The topological polar surface area (TPSA) is 79.4 Å². The highest BCUT2D eigenvalue weighted by atomic mass is 32.2. The van der Waals surface area contributed by atoms with Crippen LogP contribution in [0, 0.1) is 0 Å². The summed E-state index contributed by atoms with van der Waals surface area (Å²) in [6.45, 7) is 3.40. The molecule has 5 rings (SSSR count). The van der Waals surface area contributed by atoms with Crippen molar-refractivity contribution in [2.45, 2.75) is 11.4 Å². The van der Waals surface area contributed by atoms with Gasteiger partial charge in [0.15, 0.2) is 11.5 Å². The van der Waals surface area contributed by atoms with Crippen LogP contribution in [0.2, 0.25) is 0 Å². The Morgan fingerprint density at radius 1 is 0.912 bits per heavy atom. The molecular formula is C25H27N3O5S. The molecule has 1 saturated heterocycles. The van der Waals surface area contributed by atoms with Crippen molar-refractivity contribution in [2.75, 3.05) is 46.6 Å².